The van der Waals surface area contributed by atoms with E-state index in [1.54, 1.807) is 0 Å². The summed E-state index contributed by atoms with van der Waals surface area (Å²) in [6.45, 7) is 3.46. The lowest BCUT2D eigenvalue weighted by Crippen LogP contribution is -2.09. The Balaban J connectivity index is 2.65. The van der Waals surface area contributed by atoms with Gasteiger partial charge in [-0.1, -0.05) is 17.8 Å². The van der Waals surface area contributed by atoms with Crippen LogP contribution in [0, 0.1) is 0 Å². The van der Waals surface area contributed by atoms with Crippen molar-refractivity contribution in [1.29, 1.82) is 0 Å². The highest BCUT2D eigenvalue weighted by Gasteiger charge is 2.31. The topological polar surface area (TPSA) is 75.1 Å². The Morgan fingerprint density at radius 3 is 3.09 bits per heavy atom. The zero-order valence-corrected chi connectivity index (χ0v) is 5.80. The largest absolute Gasteiger partial charge is 0.458 e. The molecule has 2 atom stereocenters. The maximum atomic E-state index is 10.8. The van der Waals surface area contributed by atoms with Gasteiger partial charge in [-0.15, -0.1) is 0 Å². The van der Waals surface area contributed by atoms with Gasteiger partial charge in [-0.3, -0.25) is 4.79 Å². The first-order valence-corrected chi connectivity index (χ1v) is 3.15. The second-order valence-corrected chi connectivity index (χ2v) is 2.17. The molecular formula is C6H7N3O2. The Morgan fingerprint density at radius 2 is 2.64 bits per heavy atom. The van der Waals surface area contributed by atoms with Crippen molar-refractivity contribution < 1.29 is 9.53 Å². The molecule has 0 radical (unpaired) electrons. The molecule has 0 unspecified atom stereocenters. The van der Waals surface area contributed by atoms with Crippen LogP contribution in [0.4, 0.5) is 0 Å². The molecule has 0 bridgehead atoms. The third kappa shape index (κ3) is 1.50. The first-order valence-electron chi connectivity index (χ1n) is 3.15. The average Bonchev–Trinajstić information content (AvgIpc) is 2.33. The van der Waals surface area contributed by atoms with E-state index >= 15 is 0 Å². The maximum absolute atomic E-state index is 10.8. The summed E-state index contributed by atoms with van der Waals surface area (Å²) in [5, 5.41) is 3.26. The van der Waals surface area contributed by atoms with Crippen LogP contribution in [-0.2, 0) is 9.53 Å². The Labute approximate surface area is 63.3 Å². The molecule has 0 saturated carbocycles. The molecule has 5 nitrogen and oxygen atoms in total. The molecule has 1 aliphatic heterocycles. The van der Waals surface area contributed by atoms with E-state index < -0.39 is 12.0 Å². The summed E-state index contributed by atoms with van der Waals surface area (Å²) in [6, 6.07) is -0.664. The number of rotatable bonds is 2. The van der Waals surface area contributed by atoms with E-state index in [0.29, 0.717) is 6.42 Å². The normalized spacial score (nSPS) is 28.9. The molecular weight excluding hydrogens is 146 g/mol. The average molecular weight is 153 g/mol. The molecule has 0 spiro atoms. The molecule has 5 heteroatoms. The highest BCUT2D eigenvalue weighted by Crippen LogP contribution is 2.18. The minimum atomic E-state index is -0.664. The zero-order valence-electron chi connectivity index (χ0n) is 5.80. The van der Waals surface area contributed by atoms with Crippen LogP contribution in [0.15, 0.2) is 17.8 Å². The number of cyclic esters (lactones) is 1. The van der Waals surface area contributed by atoms with E-state index in [4.69, 9.17) is 10.3 Å². The van der Waals surface area contributed by atoms with Crippen LogP contribution in [0.25, 0.3) is 10.4 Å². The fraction of sp³-hybridized carbons (Fsp3) is 0.500. The van der Waals surface area contributed by atoms with Crippen LogP contribution in [-0.4, -0.2) is 18.1 Å². The molecule has 1 rings (SSSR count). The van der Waals surface area contributed by atoms with Gasteiger partial charge in [0.1, 0.15) is 12.1 Å². The summed E-state index contributed by atoms with van der Waals surface area (Å²) in [4.78, 5) is 13.3. The summed E-state index contributed by atoms with van der Waals surface area (Å²) in [5.74, 6) is -0.465. The molecule has 0 aromatic heterocycles. The molecule has 0 amide bonds. The Hall–Kier alpha value is -1.48. The molecule has 0 aliphatic carbocycles. The highest BCUT2D eigenvalue weighted by atomic mass is 16.6. The van der Waals surface area contributed by atoms with Gasteiger partial charge < -0.3 is 4.74 Å². The first-order chi connectivity index (χ1) is 5.27. The lowest BCUT2D eigenvalue weighted by atomic mass is 10.2. The molecule has 1 heterocycles. The van der Waals surface area contributed by atoms with Crippen LogP contribution in [0.1, 0.15) is 6.42 Å². The maximum Gasteiger partial charge on any atom is 0.315 e. The Bertz CT molecular complexity index is 232. The second kappa shape index (κ2) is 3.07. The van der Waals surface area contributed by atoms with Gasteiger partial charge in [0.25, 0.3) is 0 Å². The van der Waals surface area contributed by atoms with Crippen LogP contribution >= 0.6 is 0 Å². The molecule has 1 aliphatic rings. The van der Waals surface area contributed by atoms with E-state index in [2.05, 4.69) is 16.6 Å². The van der Waals surface area contributed by atoms with Gasteiger partial charge in [0.15, 0.2) is 0 Å². The van der Waals surface area contributed by atoms with Gasteiger partial charge in [-0.05, 0) is 5.53 Å². The third-order valence-electron chi connectivity index (χ3n) is 1.45. The van der Waals surface area contributed by atoms with E-state index in [1.807, 2.05) is 0 Å². The molecule has 58 valence electrons. The number of azide groups is 1. The summed E-state index contributed by atoms with van der Waals surface area (Å²) < 4.78 is 4.75. The molecule has 0 N–H and O–H groups in total. The number of hydrogen-bond donors (Lipinski definition) is 0. The number of ether oxygens (including phenoxy) is 1. The quantitative estimate of drug-likeness (QED) is 0.196. The standard InChI is InChI=1S/C6H7N3O2/c1-2-4-3-5(8-9-7)6(10)11-4/h2,4-5H,1,3H2/t4-,5-/m0/s1. The number of nitrogens with zero attached hydrogens (tertiary/aromatic N) is 3. The number of esters is 1. The first kappa shape index (κ1) is 7.63. The predicted octanol–water partition coefficient (Wildman–Crippen LogP) is 1.17. The second-order valence-electron chi connectivity index (χ2n) is 2.17. The number of carbonyl (C=O) groups excluding carboxylic acids is 1. The minimum Gasteiger partial charge on any atom is -0.458 e. The number of hydrogen-bond acceptors (Lipinski definition) is 3. The van der Waals surface area contributed by atoms with Crippen molar-refractivity contribution in [2.75, 3.05) is 0 Å². The summed E-state index contributed by atoms with van der Waals surface area (Å²) >= 11 is 0. The third-order valence-corrected chi connectivity index (χ3v) is 1.45. The van der Waals surface area contributed by atoms with Gasteiger partial charge in [-0.25, -0.2) is 0 Å². The zero-order chi connectivity index (χ0) is 8.27. The predicted molar refractivity (Wildman–Crippen MR) is 37.6 cm³/mol. The van der Waals surface area contributed by atoms with Crippen molar-refractivity contribution in [1.82, 2.24) is 0 Å². The van der Waals surface area contributed by atoms with Gasteiger partial charge in [0, 0.05) is 11.3 Å². The monoisotopic (exact) mass is 153 g/mol. The van der Waals surface area contributed by atoms with Crippen molar-refractivity contribution in [2.45, 2.75) is 18.6 Å². The lowest BCUT2D eigenvalue weighted by Gasteiger charge is -1.97. The van der Waals surface area contributed by atoms with E-state index in [1.165, 1.54) is 6.08 Å². The molecule has 1 fully saturated rings. The smallest absolute Gasteiger partial charge is 0.315 e. The number of carbonyl (C=O) groups is 1. The van der Waals surface area contributed by atoms with Gasteiger partial charge in [-0.2, -0.15) is 0 Å². The molecule has 1 saturated heterocycles. The molecule has 0 aromatic carbocycles. The minimum absolute atomic E-state index is 0.294. The van der Waals surface area contributed by atoms with Crippen molar-refractivity contribution in [2.24, 2.45) is 5.11 Å². The summed E-state index contributed by atoms with van der Waals surface area (Å²) in [7, 11) is 0. The molecule has 0 aromatic rings. The van der Waals surface area contributed by atoms with Crippen LogP contribution < -0.4 is 0 Å². The van der Waals surface area contributed by atoms with Crippen molar-refractivity contribution in [3.05, 3.63) is 23.1 Å². The van der Waals surface area contributed by atoms with Crippen LogP contribution in [0.3, 0.4) is 0 Å². The summed E-state index contributed by atoms with van der Waals surface area (Å²) in [6.07, 6.45) is 1.63. The van der Waals surface area contributed by atoms with Crippen molar-refractivity contribution in [3.63, 3.8) is 0 Å². The SMILES string of the molecule is C=C[C@H]1C[C@H](N=[N+]=[N-])C(=O)O1. The highest BCUT2D eigenvalue weighted by molar-refractivity contribution is 5.78. The van der Waals surface area contributed by atoms with Gasteiger partial charge in [0.05, 0.1) is 0 Å². The van der Waals surface area contributed by atoms with Crippen molar-refractivity contribution >= 4 is 5.97 Å². The van der Waals surface area contributed by atoms with E-state index in [-0.39, 0.29) is 6.10 Å². The Kier molecular flexibility index (Phi) is 2.13. The van der Waals surface area contributed by atoms with E-state index in [0.717, 1.165) is 0 Å². The van der Waals surface area contributed by atoms with Gasteiger partial charge in [0.2, 0.25) is 0 Å². The Morgan fingerprint density at radius 1 is 1.91 bits per heavy atom. The van der Waals surface area contributed by atoms with Gasteiger partial charge >= 0.3 is 5.97 Å². The lowest BCUT2D eigenvalue weighted by molar-refractivity contribution is -0.140. The van der Waals surface area contributed by atoms with Crippen LogP contribution in [0.2, 0.25) is 0 Å². The van der Waals surface area contributed by atoms with Crippen molar-refractivity contribution in [3.8, 4) is 0 Å². The van der Waals surface area contributed by atoms with E-state index in [9.17, 15) is 4.79 Å². The summed E-state index contributed by atoms with van der Waals surface area (Å²) in [5.41, 5.74) is 8.03. The fourth-order valence-electron chi connectivity index (χ4n) is 0.893. The molecule has 11 heavy (non-hydrogen) atoms. The van der Waals surface area contributed by atoms with Crippen LogP contribution in [0.5, 0.6) is 0 Å². The fourth-order valence-corrected chi connectivity index (χ4v) is 0.893.